The van der Waals surface area contributed by atoms with E-state index in [-0.39, 0.29) is 30.2 Å². The molecule has 1 amide bonds. The van der Waals surface area contributed by atoms with Crippen LogP contribution in [0.1, 0.15) is 43.4 Å². The van der Waals surface area contributed by atoms with Crippen molar-refractivity contribution in [1.29, 1.82) is 0 Å². The number of alkyl halides is 3. The standard InChI is InChI=1S/C24H27F3N8O/c1-16-3-2-8-35(16)23-30-19(17-5-9-34(13-17)22(36)14-33-10-7-28-15-33)12-21(32-23)31-20-11-18(4-6-29-20)24(25,26)27/h4,6-7,10-12,15-17H,2-3,5,8-9,13-14H2,1H3,(H,29,30,31,32). The first-order valence-electron chi connectivity index (χ1n) is 12.0. The Bertz CT molecular complexity index is 1220. The van der Waals surface area contributed by atoms with Gasteiger partial charge in [-0.2, -0.15) is 18.2 Å². The monoisotopic (exact) mass is 500 g/mol. The summed E-state index contributed by atoms with van der Waals surface area (Å²) in [5.41, 5.74) is -0.0305. The van der Waals surface area contributed by atoms with Gasteiger partial charge < -0.3 is 19.7 Å². The normalized spacial score (nSPS) is 20.2. The molecule has 1 N–H and O–H groups in total. The van der Waals surface area contributed by atoms with E-state index in [0.717, 1.165) is 49.8 Å². The lowest BCUT2D eigenvalue weighted by Gasteiger charge is -2.23. The molecule has 12 heteroatoms. The molecule has 36 heavy (non-hydrogen) atoms. The Hall–Kier alpha value is -3.70. The SMILES string of the molecule is CC1CCCN1c1nc(Nc2cc(C(F)(F)F)ccn2)cc(C2CCN(C(=O)Cn3ccnc3)C2)n1. The predicted molar refractivity (Wildman–Crippen MR) is 127 cm³/mol. The van der Waals surface area contributed by atoms with Crippen LogP contribution in [0.15, 0.2) is 43.1 Å². The maximum atomic E-state index is 13.2. The fourth-order valence-electron chi connectivity index (χ4n) is 4.76. The fourth-order valence-corrected chi connectivity index (χ4v) is 4.76. The Morgan fingerprint density at radius 2 is 2.00 bits per heavy atom. The van der Waals surface area contributed by atoms with Gasteiger partial charge in [-0.3, -0.25) is 4.79 Å². The highest BCUT2D eigenvalue weighted by molar-refractivity contribution is 5.76. The van der Waals surface area contributed by atoms with Crippen molar-refractivity contribution >= 4 is 23.5 Å². The second-order valence-electron chi connectivity index (χ2n) is 9.28. The lowest BCUT2D eigenvalue weighted by molar-refractivity contribution is -0.137. The van der Waals surface area contributed by atoms with Crippen molar-refractivity contribution in [3.8, 4) is 0 Å². The highest BCUT2D eigenvalue weighted by Gasteiger charge is 2.32. The fraction of sp³-hybridized carbons (Fsp3) is 0.458. The molecule has 2 fully saturated rings. The summed E-state index contributed by atoms with van der Waals surface area (Å²) in [6, 6.07) is 3.91. The zero-order chi connectivity index (χ0) is 25.3. The van der Waals surface area contributed by atoms with Crippen LogP contribution in [0.2, 0.25) is 0 Å². The topological polar surface area (TPSA) is 92.1 Å². The third kappa shape index (κ3) is 5.26. The number of anilines is 3. The molecule has 2 atom stereocenters. The van der Waals surface area contributed by atoms with E-state index in [1.54, 1.807) is 29.4 Å². The highest BCUT2D eigenvalue weighted by Crippen LogP contribution is 2.33. The van der Waals surface area contributed by atoms with E-state index in [4.69, 9.17) is 4.98 Å². The zero-order valence-electron chi connectivity index (χ0n) is 19.8. The summed E-state index contributed by atoms with van der Waals surface area (Å²) < 4.78 is 41.3. The third-order valence-corrected chi connectivity index (χ3v) is 6.72. The summed E-state index contributed by atoms with van der Waals surface area (Å²) in [5.74, 6) is 0.966. The number of carbonyl (C=O) groups excluding carboxylic acids is 1. The van der Waals surface area contributed by atoms with E-state index in [9.17, 15) is 18.0 Å². The molecule has 5 heterocycles. The van der Waals surface area contributed by atoms with Crippen LogP contribution in [0, 0.1) is 0 Å². The maximum Gasteiger partial charge on any atom is 0.416 e. The number of imidazole rings is 1. The van der Waals surface area contributed by atoms with Crippen LogP contribution >= 0.6 is 0 Å². The van der Waals surface area contributed by atoms with Crippen molar-refractivity contribution in [2.24, 2.45) is 0 Å². The van der Waals surface area contributed by atoms with Crippen LogP contribution in [0.3, 0.4) is 0 Å². The number of likely N-dealkylation sites (tertiary alicyclic amines) is 1. The van der Waals surface area contributed by atoms with Crippen LogP contribution < -0.4 is 10.2 Å². The van der Waals surface area contributed by atoms with Gasteiger partial charge >= 0.3 is 6.18 Å². The summed E-state index contributed by atoms with van der Waals surface area (Å²) in [5, 5.41) is 2.94. The second kappa shape index (κ2) is 9.75. The van der Waals surface area contributed by atoms with Gasteiger partial charge in [0.1, 0.15) is 18.2 Å². The van der Waals surface area contributed by atoms with E-state index in [1.165, 1.54) is 0 Å². The molecule has 0 aromatic carbocycles. The van der Waals surface area contributed by atoms with Crippen LogP contribution in [0.25, 0.3) is 0 Å². The Kier molecular flexibility index (Phi) is 6.50. The number of carbonyl (C=O) groups is 1. The average molecular weight is 501 g/mol. The largest absolute Gasteiger partial charge is 0.416 e. The molecule has 0 saturated carbocycles. The van der Waals surface area contributed by atoms with Gasteiger partial charge in [0.15, 0.2) is 0 Å². The number of nitrogens with one attached hydrogen (secondary N) is 1. The first-order valence-corrected chi connectivity index (χ1v) is 12.0. The van der Waals surface area contributed by atoms with Gasteiger partial charge in [0.25, 0.3) is 0 Å². The molecule has 2 saturated heterocycles. The minimum Gasteiger partial charge on any atom is -0.340 e. The van der Waals surface area contributed by atoms with Gasteiger partial charge in [0.2, 0.25) is 11.9 Å². The van der Waals surface area contributed by atoms with Crippen molar-refractivity contribution in [3.63, 3.8) is 0 Å². The quantitative estimate of drug-likeness (QED) is 0.550. The summed E-state index contributed by atoms with van der Waals surface area (Å²) in [7, 11) is 0. The van der Waals surface area contributed by atoms with Crippen molar-refractivity contribution < 1.29 is 18.0 Å². The lowest BCUT2D eigenvalue weighted by Crippen LogP contribution is -2.31. The summed E-state index contributed by atoms with van der Waals surface area (Å²) in [6.45, 7) is 4.26. The number of hydrogen-bond donors (Lipinski definition) is 1. The van der Waals surface area contributed by atoms with E-state index >= 15 is 0 Å². The molecule has 9 nitrogen and oxygen atoms in total. The number of halogens is 3. The minimum absolute atomic E-state index is 0.00413. The molecule has 0 radical (unpaired) electrons. The zero-order valence-corrected chi connectivity index (χ0v) is 19.8. The van der Waals surface area contributed by atoms with Gasteiger partial charge in [-0.25, -0.2) is 15.0 Å². The molecule has 5 rings (SSSR count). The van der Waals surface area contributed by atoms with Crippen LogP contribution in [-0.4, -0.2) is 61.0 Å². The Morgan fingerprint density at radius 3 is 2.72 bits per heavy atom. The summed E-state index contributed by atoms with van der Waals surface area (Å²) in [6.07, 6.45) is 4.43. The molecule has 0 bridgehead atoms. The molecular weight excluding hydrogens is 473 g/mol. The van der Waals surface area contributed by atoms with Crippen molar-refractivity contribution in [2.45, 2.75) is 50.9 Å². The number of amides is 1. The number of aromatic nitrogens is 5. The Balaban J connectivity index is 1.39. The van der Waals surface area contributed by atoms with Crippen LogP contribution in [0.4, 0.5) is 30.8 Å². The molecule has 2 unspecified atom stereocenters. The molecule has 0 spiro atoms. The smallest absolute Gasteiger partial charge is 0.340 e. The van der Waals surface area contributed by atoms with E-state index in [1.807, 2.05) is 4.90 Å². The van der Waals surface area contributed by atoms with Crippen LogP contribution in [-0.2, 0) is 17.5 Å². The second-order valence-corrected chi connectivity index (χ2v) is 9.28. The molecular formula is C24H27F3N8O. The highest BCUT2D eigenvalue weighted by atomic mass is 19.4. The van der Waals surface area contributed by atoms with Gasteiger partial charge in [-0.05, 0) is 38.3 Å². The predicted octanol–water partition coefficient (Wildman–Crippen LogP) is 3.84. The Morgan fingerprint density at radius 1 is 1.14 bits per heavy atom. The van der Waals surface area contributed by atoms with Crippen molar-refractivity contribution in [3.05, 3.63) is 54.4 Å². The van der Waals surface area contributed by atoms with E-state index in [0.29, 0.717) is 24.9 Å². The third-order valence-electron chi connectivity index (χ3n) is 6.72. The number of nitrogens with zero attached hydrogens (tertiary/aromatic N) is 7. The number of hydrogen-bond acceptors (Lipinski definition) is 7. The average Bonchev–Trinajstić information content (AvgIpc) is 3.61. The molecule has 0 aliphatic carbocycles. The molecule has 3 aromatic rings. The number of pyridine rings is 1. The first-order chi connectivity index (χ1) is 17.3. The first kappa shape index (κ1) is 24.0. The summed E-state index contributed by atoms with van der Waals surface area (Å²) >= 11 is 0. The van der Waals surface area contributed by atoms with Crippen molar-refractivity contribution in [1.82, 2.24) is 29.4 Å². The molecule has 2 aliphatic heterocycles. The number of rotatable bonds is 6. The molecule has 190 valence electrons. The molecule has 2 aliphatic rings. The maximum absolute atomic E-state index is 13.2. The van der Waals surface area contributed by atoms with Crippen LogP contribution in [0.5, 0.6) is 0 Å². The minimum atomic E-state index is -4.47. The van der Waals surface area contributed by atoms with Gasteiger partial charge in [-0.15, -0.1) is 0 Å². The lowest BCUT2D eigenvalue weighted by atomic mass is 10.0. The summed E-state index contributed by atoms with van der Waals surface area (Å²) in [4.78, 5) is 34.2. The van der Waals surface area contributed by atoms with E-state index < -0.39 is 11.7 Å². The van der Waals surface area contributed by atoms with Crippen molar-refractivity contribution in [2.75, 3.05) is 29.9 Å². The van der Waals surface area contributed by atoms with E-state index in [2.05, 4.69) is 32.1 Å². The van der Waals surface area contributed by atoms with Gasteiger partial charge in [-0.1, -0.05) is 0 Å². The Labute approximate surface area is 206 Å². The van der Waals surface area contributed by atoms with Gasteiger partial charge in [0.05, 0.1) is 17.6 Å². The molecule has 3 aromatic heterocycles. The van der Waals surface area contributed by atoms with Gasteiger partial charge in [0, 0.05) is 56.3 Å².